The van der Waals surface area contributed by atoms with E-state index in [2.05, 4.69) is 9.17 Å². The lowest BCUT2D eigenvalue weighted by atomic mass is 8.50. The van der Waals surface area contributed by atoms with E-state index >= 15 is 0 Å². The van der Waals surface area contributed by atoms with Crippen LogP contribution in [0.4, 0.5) is 5.95 Å². The molecule has 0 fully saturated rings. The maximum atomic E-state index is 10.8. The fourth-order valence-corrected chi connectivity index (χ4v) is 3.44. The van der Waals surface area contributed by atoms with E-state index in [-0.39, 0.29) is 13.0 Å². The molecule has 0 aliphatic heterocycles. The Hall–Kier alpha value is -0.956. The molecule has 0 saturated heterocycles. The SMILES string of the molecule is Cn1c(N)nc2ccc(OCCCOS(C)(=O)=O)cc21.[B][B]B(B([B])[B])B(B([B])[B])B([B])[B]. The Morgan fingerprint density at radius 1 is 1.09 bits per heavy atom. The molecule has 0 amide bonds. The lowest BCUT2D eigenvalue weighted by Crippen LogP contribution is -2.69. The van der Waals surface area contributed by atoms with E-state index in [0.29, 0.717) is 24.7 Å². The molecule has 149 valence electrons. The molecule has 2 aromatic rings. The lowest BCUT2D eigenvalue weighted by Gasteiger charge is -2.31. The van der Waals surface area contributed by atoms with Gasteiger partial charge in [0.25, 0.3) is 10.1 Å². The molecule has 33 heavy (non-hydrogen) atoms. The van der Waals surface area contributed by atoms with Gasteiger partial charge in [-0.15, -0.1) is 0 Å². The molecule has 2 N–H and O–H groups in total. The molecule has 1 aromatic heterocycles. The number of aromatic nitrogens is 2. The standard InChI is InChI=1S/C12H17N3O4S.B13/c1-15-11-8-9(4-5-10(11)14-12(15)13)18-6-3-7-19-20(2,16)17;1-8-12(9(2)3)13(10(4)5)11(6)7/h4-5,8H,3,6-7H2,1-2H3,(H2,13,14);. The van der Waals surface area contributed by atoms with Crippen molar-refractivity contribution >= 4 is 120 Å². The summed E-state index contributed by atoms with van der Waals surface area (Å²) in [4.78, 5) is 4.19. The number of ether oxygens (including phenoxy) is 1. The minimum Gasteiger partial charge on any atom is -0.493 e. The fraction of sp³-hybridized carbons (Fsp3) is 0.417. The highest BCUT2D eigenvalue weighted by molar-refractivity contribution is 8.07. The highest BCUT2D eigenvalue weighted by Gasteiger charge is 2.32. The summed E-state index contributed by atoms with van der Waals surface area (Å²) >= 11 is 0. The van der Waals surface area contributed by atoms with Crippen LogP contribution in [0, 0.1) is 0 Å². The fourth-order valence-electron chi connectivity index (χ4n) is 3.02. The summed E-state index contributed by atoms with van der Waals surface area (Å²) in [6, 6.07) is 5.47. The first-order chi connectivity index (χ1) is 15.3. The Balaban J connectivity index is 0.000000366. The number of benzene rings is 1. The van der Waals surface area contributed by atoms with Gasteiger partial charge in [-0.2, -0.15) is 8.42 Å². The number of imidazole rings is 1. The van der Waals surface area contributed by atoms with E-state index in [0.717, 1.165) is 17.3 Å². The van der Waals surface area contributed by atoms with Gasteiger partial charge in [0.1, 0.15) is 5.75 Å². The average molecular weight is 440 g/mol. The van der Waals surface area contributed by atoms with Gasteiger partial charge in [-0.1, -0.05) is 0 Å². The van der Waals surface area contributed by atoms with E-state index in [4.69, 9.17) is 64.6 Å². The monoisotopic (exact) mass is 442 g/mol. The Labute approximate surface area is 209 Å². The summed E-state index contributed by atoms with van der Waals surface area (Å²) in [6.07, 6.45) is -1.37. The van der Waals surface area contributed by atoms with Gasteiger partial charge in [0.15, 0.2) is 0 Å². The van der Waals surface area contributed by atoms with Gasteiger partial charge in [0.05, 0.1) is 30.5 Å². The Bertz CT molecular complexity index is 969. The molecule has 21 heteroatoms. The highest BCUT2D eigenvalue weighted by atomic mass is 32.2. The van der Waals surface area contributed by atoms with Crippen molar-refractivity contribution in [2.75, 3.05) is 25.2 Å². The van der Waals surface area contributed by atoms with Crippen LogP contribution in [0.15, 0.2) is 18.2 Å². The molecule has 0 spiro atoms. The van der Waals surface area contributed by atoms with E-state index in [1.807, 2.05) is 19.2 Å². The molecule has 0 bridgehead atoms. The first-order valence-electron chi connectivity index (χ1n) is 10.1. The van der Waals surface area contributed by atoms with E-state index in [9.17, 15) is 8.42 Å². The maximum absolute atomic E-state index is 10.8. The van der Waals surface area contributed by atoms with Crippen molar-refractivity contribution < 1.29 is 17.3 Å². The minimum atomic E-state index is -3.38. The molecule has 7 nitrogen and oxygen atoms in total. The predicted octanol–water partition coefficient (Wildman–Crippen LogP) is -4.05. The zero-order valence-corrected chi connectivity index (χ0v) is 19.7. The van der Waals surface area contributed by atoms with Gasteiger partial charge in [-0.25, -0.2) is 4.98 Å². The van der Waals surface area contributed by atoms with E-state index in [1.165, 1.54) is 7.06 Å². The van der Waals surface area contributed by atoms with Gasteiger partial charge in [-0.05, 0) is 12.1 Å². The van der Waals surface area contributed by atoms with Crippen molar-refractivity contribution in [3.63, 3.8) is 0 Å². The van der Waals surface area contributed by atoms with Crippen molar-refractivity contribution in [2.24, 2.45) is 7.05 Å². The average Bonchev–Trinajstić information content (AvgIpc) is 2.98. The number of anilines is 1. The van der Waals surface area contributed by atoms with Gasteiger partial charge in [0.2, 0.25) is 5.95 Å². The summed E-state index contributed by atoms with van der Waals surface area (Å²) in [5.74, 6) is 1.12. The van der Waals surface area contributed by atoms with Gasteiger partial charge in [-0.3, -0.25) is 4.18 Å². The maximum Gasteiger partial charge on any atom is 0.264 e. The number of hydrogen-bond acceptors (Lipinski definition) is 6. The lowest BCUT2D eigenvalue weighted by molar-refractivity contribution is 0.252. The molecule has 0 aliphatic rings. The number of nitrogens with two attached hydrogens (primary N) is 1. The van der Waals surface area contributed by atoms with E-state index in [1.54, 1.807) is 10.6 Å². The molecular weight excluding hydrogens is 423 g/mol. The number of fused-ring (bicyclic) bond motifs is 1. The summed E-state index contributed by atoms with van der Waals surface area (Å²) in [5, 5.41) is 0. The van der Waals surface area contributed by atoms with Crippen LogP contribution < -0.4 is 10.5 Å². The van der Waals surface area contributed by atoms with Crippen LogP contribution in [0.2, 0.25) is 0 Å². The third-order valence-electron chi connectivity index (χ3n) is 4.74. The van der Waals surface area contributed by atoms with Crippen LogP contribution >= 0.6 is 0 Å². The topological polar surface area (TPSA) is 96.4 Å². The first kappa shape index (κ1) is 30.1. The Morgan fingerprint density at radius 2 is 1.70 bits per heavy atom. The van der Waals surface area contributed by atoms with Crippen LogP contribution in [0.25, 0.3) is 11.0 Å². The number of aryl methyl sites for hydroxylation is 1. The first-order valence-corrected chi connectivity index (χ1v) is 11.9. The van der Waals surface area contributed by atoms with Gasteiger partial charge in [0, 0.05) is 113 Å². The summed E-state index contributed by atoms with van der Waals surface area (Å²) in [6.45, 7) is 0.480. The number of nitrogen functional groups attached to an aromatic ring is 1. The third-order valence-corrected chi connectivity index (χ3v) is 5.34. The summed E-state index contributed by atoms with van der Waals surface area (Å²) in [5.41, 5.74) is 7.41. The van der Waals surface area contributed by atoms with Crippen molar-refractivity contribution in [1.82, 2.24) is 9.55 Å². The van der Waals surface area contributed by atoms with E-state index < -0.39 is 35.7 Å². The predicted molar refractivity (Wildman–Crippen MR) is 151 cm³/mol. The molecule has 15 radical (unpaired) electrons. The molecule has 0 atom stereocenters. The second kappa shape index (κ2) is 13.8. The van der Waals surface area contributed by atoms with Gasteiger partial charge >= 0.3 is 0 Å². The van der Waals surface area contributed by atoms with Crippen molar-refractivity contribution in [3.8, 4) is 5.75 Å². The molecule has 0 saturated carbocycles. The second-order valence-electron chi connectivity index (χ2n) is 7.49. The molecular formula is C12H17B13N3O4S. The summed E-state index contributed by atoms with van der Waals surface area (Å²) in [7, 11) is 38.0. The van der Waals surface area contributed by atoms with Crippen molar-refractivity contribution in [3.05, 3.63) is 18.2 Å². The van der Waals surface area contributed by atoms with Crippen LogP contribution in [-0.4, -0.2) is 131 Å². The minimum absolute atomic E-state index is 0.111. The zero-order valence-electron chi connectivity index (χ0n) is 18.9. The second-order valence-corrected chi connectivity index (χ2v) is 9.13. The summed E-state index contributed by atoms with van der Waals surface area (Å²) < 4.78 is 33.5. The van der Waals surface area contributed by atoms with Crippen LogP contribution in [-0.2, 0) is 21.3 Å². The normalized spacial score (nSPS) is 10.6. The van der Waals surface area contributed by atoms with Gasteiger partial charge < -0.3 is 15.0 Å². The largest absolute Gasteiger partial charge is 0.493 e. The smallest absolute Gasteiger partial charge is 0.264 e. The number of hydrogen-bond donors (Lipinski definition) is 1. The van der Waals surface area contributed by atoms with Crippen LogP contribution in [0.3, 0.4) is 0 Å². The molecule has 0 unspecified atom stereocenters. The molecule has 0 aliphatic carbocycles. The quantitative estimate of drug-likeness (QED) is 0.217. The Kier molecular flexibility index (Phi) is 12.6. The molecule has 2 rings (SSSR count). The number of rotatable bonds is 11. The highest BCUT2D eigenvalue weighted by Crippen LogP contribution is 2.22. The Morgan fingerprint density at radius 3 is 2.15 bits per heavy atom. The van der Waals surface area contributed by atoms with Crippen LogP contribution in [0.1, 0.15) is 6.42 Å². The number of nitrogens with zero attached hydrogens (tertiary/aromatic N) is 2. The zero-order chi connectivity index (χ0) is 25.3. The van der Waals surface area contributed by atoms with Crippen molar-refractivity contribution in [1.29, 1.82) is 0 Å². The van der Waals surface area contributed by atoms with Crippen molar-refractivity contribution in [2.45, 2.75) is 6.42 Å². The third kappa shape index (κ3) is 10.1. The molecule has 1 heterocycles. The van der Waals surface area contributed by atoms with Crippen LogP contribution in [0.5, 0.6) is 5.75 Å². The molecule has 1 aromatic carbocycles.